The first-order valence-corrected chi connectivity index (χ1v) is 8.24. The standard InChI is InChI=1S/C16H22O4/c1-2-18-12(17)6-11-15-7-5-8-14-10(20-16(8)15)4-3-9(19-11)13(7)14/h7-11,13-16H,2-6H2,1H3/t7?,8?,9-,10+,11-,13?,14?,15?,16?/m1/s1. The van der Waals surface area contributed by atoms with Crippen LogP contribution in [0, 0.1) is 29.6 Å². The molecule has 5 rings (SSSR count). The molecule has 0 N–H and O–H groups in total. The Morgan fingerprint density at radius 1 is 1.10 bits per heavy atom. The summed E-state index contributed by atoms with van der Waals surface area (Å²) in [6.45, 7) is 2.32. The average molecular weight is 278 g/mol. The van der Waals surface area contributed by atoms with Gasteiger partial charge in [-0.25, -0.2) is 0 Å². The maximum Gasteiger partial charge on any atom is 0.308 e. The summed E-state index contributed by atoms with van der Waals surface area (Å²) in [7, 11) is 0. The Labute approximate surface area is 119 Å². The molecule has 6 unspecified atom stereocenters. The highest BCUT2D eigenvalue weighted by Crippen LogP contribution is 2.68. The van der Waals surface area contributed by atoms with E-state index in [4.69, 9.17) is 14.2 Å². The molecule has 2 saturated heterocycles. The largest absolute Gasteiger partial charge is 0.466 e. The zero-order valence-corrected chi connectivity index (χ0v) is 11.9. The molecule has 20 heavy (non-hydrogen) atoms. The third kappa shape index (κ3) is 1.32. The first-order valence-electron chi connectivity index (χ1n) is 8.24. The number of carbonyl (C=O) groups excluding carboxylic acids is 1. The summed E-state index contributed by atoms with van der Waals surface area (Å²) in [5.41, 5.74) is 0. The van der Waals surface area contributed by atoms with E-state index in [0.29, 0.717) is 37.3 Å². The maximum absolute atomic E-state index is 11.9. The molecule has 4 heteroatoms. The van der Waals surface area contributed by atoms with Gasteiger partial charge in [0.2, 0.25) is 0 Å². The van der Waals surface area contributed by atoms with Gasteiger partial charge in [0.25, 0.3) is 0 Å². The topological polar surface area (TPSA) is 44.8 Å². The van der Waals surface area contributed by atoms with Gasteiger partial charge in [0, 0.05) is 5.92 Å². The summed E-state index contributed by atoms with van der Waals surface area (Å²) in [6, 6.07) is 0. The SMILES string of the molecule is CCOC(=O)C[C@H]1O[C@@H]2CC[C@@H]3OC4C5CC(C41)C2C53. The Morgan fingerprint density at radius 2 is 1.85 bits per heavy atom. The molecule has 9 atom stereocenters. The van der Waals surface area contributed by atoms with E-state index < -0.39 is 0 Å². The van der Waals surface area contributed by atoms with Crippen molar-refractivity contribution in [2.24, 2.45) is 29.6 Å². The molecule has 0 spiro atoms. The van der Waals surface area contributed by atoms with Gasteiger partial charge in [-0.05, 0) is 49.9 Å². The molecule has 110 valence electrons. The van der Waals surface area contributed by atoms with Crippen LogP contribution in [0.25, 0.3) is 0 Å². The summed E-state index contributed by atoms with van der Waals surface area (Å²) < 4.78 is 17.9. The molecule has 4 nitrogen and oxygen atoms in total. The molecule has 0 aromatic heterocycles. The van der Waals surface area contributed by atoms with Crippen LogP contribution in [0.4, 0.5) is 0 Å². The van der Waals surface area contributed by atoms with Crippen molar-refractivity contribution in [3.05, 3.63) is 0 Å². The normalized spacial score (nSPS) is 57.4. The molecule has 3 saturated carbocycles. The van der Waals surface area contributed by atoms with Gasteiger partial charge in [-0.15, -0.1) is 0 Å². The van der Waals surface area contributed by atoms with E-state index >= 15 is 0 Å². The second-order valence-corrected chi connectivity index (χ2v) is 7.23. The van der Waals surface area contributed by atoms with Crippen LogP contribution in [0.1, 0.15) is 32.6 Å². The molecule has 0 radical (unpaired) electrons. The predicted octanol–water partition coefficient (Wildman–Crippen LogP) is 1.77. The van der Waals surface area contributed by atoms with Gasteiger partial charge < -0.3 is 14.2 Å². The van der Waals surface area contributed by atoms with Gasteiger partial charge in [-0.2, -0.15) is 0 Å². The van der Waals surface area contributed by atoms with Crippen molar-refractivity contribution >= 4 is 5.97 Å². The molecule has 5 aliphatic rings. The highest BCUT2D eigenvalue weighted by atomic mass is 16.5. The fourth-order valence-electron chi connectivity index (χ4n) is 6.34. The van der Waals surface area contributed by atoms with Crippen LogP contribution >= 0.6 is 0 Å². The Hall–Kier alpha value is -0.610. The van der Waals surface area contributed by atoms with Crippen molar-refractivity contribution < 1.29 is 19.0 Å². The number of hydrogen-bond acceptors (Lipinski definition) is 4. The lowest BCUT2D eigenvalue weighted by molar-refractivity contribution is -0.180. The Bertz CT molecular complexity index is 450. The Kier molecular flexibility index (Phi) is 2.38. The van der Waals surface area contributed by atoms with Gasteiger partial charge in [-0.3, -0.25) is 4.79 Å². The zero-order valence-electron chi connectivity index (χ0n) is 11.9. The fourth-order valence-corrected chi connectivity index (χ4v) is 6.34. The van der Waals surface area contributed by atoms with Crippen molar-refractivity contribution in [2.45, 2.75) is 57.0 Å². The van der Waals surface area contributed by atoms with Crippen LogP contribution < -0.4 is 0 Å². The molecule has 5 fully saturated rings. The second-order valence-electron chi connectivity index (χ2n) is 7.23. The Balaban J connectivity index is 1.45. The predicted molar refractivity (Wildman–Crippen MR) is 69.9 cm³/mol. The number of esters is 1. The minimum atomic E-state index is -0.109. The summed E-state index contributed by atoms with van der Waals surface area (Å²) >= 11 is 0. The van der Waals surface area contributed by atoms with Gasteiger partial charge in [0.05, 0.1) is 37.4 Å². The molecule has 0 aromatic rings. The maximum atomic E-state index is 11.9. The van der Waals surface area contributed by atoms with Crippen molar-refractivity contribution in [1.82, 2.24) is 0 Å². The lowest BCUT2D eigenvalue weighted by atomic mass is 9.63. The van der Waals surface area contributed by atoms with E-state index in [-0.39, 0.29) is 12.1 Å². The Morgan fingerprint density at radius 3 is 2.65 bits per heavy atom. The number of fused-ring (bicyclic) bond motifs is 1. The van der Waals surface area contributed by atoms with Crippen LogP contribution in [0.2, 0.25) is 0 Å². The van der Waals surface area contributed by atoms with E-state index in [1.807, 2.05) is 6.92 Å². The molecule has 0 aromatic carbocycles. The van der Waals surface area contributed by atoms with E-state index in [9.17, 15) is 4.79 Å². The van der Waals surface area contributed by atoms with E-state index in [1.54, 1.807) is 0 Å². The summed E-state index contributed by atoms with van der Waals surface area (Å²) in [5, 5.41) is 0. The lowest BCUT2D eigenvalue weighted by Crippen LogP contribution is -2.54. The average Bonchev–Trinajstić information content (AvgIpc) is 3.04. The fraction of sp³-hybridized carbons (Fsp3) is 0.938. The number of hydrogen-bond donors (Lipinski definition) is 0. The number of rotatable bonds is 3. The first kappa shape index (κ1) is 12.0. The summed E-state index contributed by atoms with van der Waals surface area (Å²) in [5.74, 6) is 3.34. The van der Waals surface area contributed by atoms with Gasteiger partial charge in [-0.1, -0.05) is 0 Å². The van der Waals surface area contributed by atoms with Crippen molar-refractivity contribution in [3.8, 4) is 0 Å². The molecule has 0 amide bonds. The molecular formula is C16H22O4. The third-order valence-corrected chi connectivity index (χ3v) is 6.65. The molecule has 2 bridgehead atoms. The van der Waals surface area contributed by atoms with Crippen LogP contribution in [-0.4, -0.2) is 37.0 Å². The monoisotopic (exact) mass is 278 g/mol. The summed E-state index contributed by atoms with van der Waals surface area (Å²) in [4.78, 5) is 11.9. The zero-order chi connectivity index (χ0) is 13.4. The highest BCUT2D eigenvalue weighted by molar-refractivity contribution is 5.70. The van der Waals surface area contributed by atoms with Crippen LogP contribution in [-0.2, 0) is 19.0 Å². The van der Waals surface area contributed by atoms with E-state index in [2.05, 4.69) is 0 Å². The lowest BCUT2D eigenvalue weighted by Gasteiger charge is -2.49. The van der Waals surface area contributed by atoms with Crippen LogP contribution in [0.5, 0.6) is 0 Å². The van der Waals surface area contributed by atoms with Crippen molar-refractivity contribution in [1.29, 1.82) is 0 Å². The molecule has 2 heterocycles. The van der Waals surface area contributed by atoms with Crippen LogP contribution in [0.3, 0.4) is 0 Å². The summed E-state index contributed by atoms with van der Waals surface area (Å²) in [6.07, 6.45) is 5.28. The molecule has 3 aliphatic carbocycles. The van der Waals surface area contributed by atoms with Gasteiger partial charge >= 0.3 is 5.97 Å². The minimum Gasteiger partial charge on any atom is -0.466 e. The van der Waals surface area contributed by atoms with E-state index in [1.165, 1.54) is 6.42 Å². The van der Waals surface area contributed by atoms with Gasteiger partial charge in [0.1, 0.15) is 0 Å². The molecule has 2 aliphatic heterocycles. The second kappa shape index (κ2) is 3.98. The highest BCUT2D eigenvalue weighted by Gasteiger charge is 2.71. The minimum absolute atomic E-state index is 0.0353. The van der Waals surface area contributed by atoms with Crippen LogP contribution in [0.15, 0.2) is 0 Å². The number of ether oxygens (including phenoxy) is 3. The smallest absolute Gasteiger partial charge is 0.308 e. The first-order chi connectivity index (χ1) is 9.78. The van der Waals surface area contributed by atoms with E-state index in [0.717, 1.165) is 36.5 Å². The van der Waals surface area contributed by atoms with Crippen molar-refractivity contribution in [3.63, 3.8) is 0 Å². The number of carbonyl (C=O) groups is 1. The quantitative estimate of drug-likeness (QED) is 0.738. The van der Waals surface area contributed by atoms with Gasteiger partial charge in [0.15, 0.2) is 0 Å². The third-order valence-electron chi connectivity index (χ3n) is 6.65. The molecular weight excluding hydrogens is 256 g/mol. The van der Waals surface area contributed by atoms with Crippen molar-refractivity contribution in [2.75, 3.05) is 6.61 Å².